The van der Waals surface area contributed by atoms with Crippen LogP contribution in [0.2, 0.25) is 0 Å². The van der Waals surface area contributed by atoms with Crippen LogP contribution in [0, 0.1) is 0 Å². The summed E-state index contributed by atoms with van der Waals surface area (Å²) in [6, 6.07) is 0. The van der Waals surface area contributed by atoms with Gasteiger partial charge in [0, 0.05) is 35.5 Å². The van der Waals surface area contributed by atoms with Crippen LogP contribution in [-0.4, -0.2) is 61.1 Å². The summed E-state index contributed by atoms with van der Waals surface area (Å²) in [5, 5.41) is 35.0. The van der Waals surface area contributed by atoms with Gasteiger partial charge in [-0.25, -0.2) is 0 Å². The number of hydrogen-bond donors (Lipinski definition) is 5. The van der Waals surface area contributed by atoms with Crippen molar-refractivity contribution in [3.05, 3.63) is 0 Å². The molecule has 5 N–H and O–H groups in total. The molecule has 0 saturated heterocycles. The zero-order chi connectivity index (χ0) is 12.0. The van der Waals surface area contributed by atoms with E-state index in [1.54, 1.807) is 0 Å². The summed E-state index contributed by atoms with van der Waals surface area (Å²) in [5.74, 6) is 0. The molecule has 0 aromatic heterocycles. The average Bonchev–Trinajstić information content (AvgIpc) is 2.33. The van der Waals surface area contributed by atoms with Crippen LogP contribution >= 0.6 is 0 Å². The lowest BCUT2D eigenvalue weighted by Crippen LogP contribution is -1.25. The second-order valence-electron chi connectivity index (χ2n) is 0. The fraction of sp³-hybridized carbons (Fsp3) is 1.00. The molecule has 0 aliphatic carbocycles. The molecule has 0 saturated carbocycles. The van der Waals surface area contributed by atoms with Gasteiger partial charge in [0.2, 0.25) is 0 Å². The van der Waals surface area contributed by atoms with Crippen molar-refractivity contribution in [3.63, 3.8) is 0 Å². The van der Waals surface area contributed by atoms with Gasteiger partial charge in [-0.2, -0.15) is 0 Å². The van der Waals surface area contributed by atoms with Crippen LogP contribution in [0.4, 0.5) is 0 Å². The van der Waals surface area contributed by atoms with Crippen LogP contribution in [0.5, 0.6) is 0 Å². The molecule has 0 amide bonds. The summed E-state index contributed by atoms with van der Waals surface area (Å²) < 4.78 is 0. The Bertz CT molecular complexity index is 11.8. The lowest BCUT2D eigenvalue weighted by Gasteiger charge is -1.21. The van der Waals surface area contributed by atoms with Crippen molar-refractivity contribution in [2.45, 2.75) is 13.8 Å². The van der Waals surface area contributed by atoms with Gasteiger partial charge < -0.3 is 25.5 Å². The van der Waals surface area contributed by atoms with Gasteiger partial charge in [-0.3, -0.25) is 0 Å². The first kappa shape index (κ1) is 40.9. The predicted molar refractivity (Wildman–Crippen MR) is 52.1 cm³/mol. The van der Waals surface area contributed by atoms with E-state index >= 15 is 0 Å². The maximum atomic E-state index is 7.00. The Hall–Kier alpha value is -0.200. The summed E-state index contributed by atoms with van der Waals surface area (Å²) in [7, 11) is 5.00. The summed E-state index contributed by atoms with van der Waals surface area (Å²) >= 11 is 0. The van der Waals surface area contributed by atoms with E-state index in [4.69, 9.17) is 25.5 Å². The van der Waals surface area contributed by atoms with Crippen LogP contribution in [0.15, 0.2) is 0 Å². The lowest BCUT2D eigenvalue weighted by atomic mass is 11.0. The van der Waals surface area contributed by atoms with Crippen LogP contribution in [0.3, 0.4) is 0 Å². The van der Waals surface area contributed by atoms with Crippen molar-refractivity contribution in [1.82, 2.24) is 0 Å². The molecule has 84 valence electrons. The van der Waals surface area contributed by atoms with Gasteiger partial charge in [-0.05, 0) is 0 Å². The Morgan fingerprint density at radius 3 is 0.333 bits per heavy atom. The van der Waals surface area contributed by atoms with E-state index in [2.05, 4.69) is 0 Å². The van der Waals surface area contributed by atoms with E-state index in [0.717, 1.165) is 35.5 Å². The van der Waals surface area contributed by atoms with Crippen molar-refractivity contribution in [1.29, 1.82) is 0 Å². The maximum Gasteiger partial charge on any atom is 0.0319 e. The predicted octanol–water partition coefficient (Wildman–Crippen LogP) is -0.931. The number of hydrogen-bond acceptors (Lipinski definition) is 5. The standard InChI is InChI=1S/C2H6.5CH4O/c6*1-2/h1-2H3;5*2H,1H3. The first-order chi connectivity index (χ1) is 6.00. The second-order valence-corrected chi connectivity index (χ2v) is 0. The topological polar surface area (TPSA) is 101 Å². The van der Waals surface area contributed by atoms with Gasteiger partial charge in [-0.1, -0.05) is 13.8 Å². The minimum Gasteiger partial charge on any atom is -0.400 e. The molecule has 0 aromatic carbocycles. The van der Waals surface area contributed by atoms with Crippen molar-refractivity contribution >= 4 is 0 Å². The van der Waals surface area contributed by atoms with Crippen molar-refractivity contribution in [2.75, 3.05) is 35.5 Å². The summed E-state index contributed by atoms with van der Waals surface area (Å²) in [5.41, 5.74) is 0. The fourth-order valence-electron chi connectivity index (χ4n) is 0. The molecule has 0 atom stereocenters. The number of rotatable bonds is 0. The first-order valence-electron chi connectivity index (χ1n) is 3.24. The SMILES string of the molecule is CC.CO.CO.CO.CO.CO. The Balaban J connectivity index is -0.00000000900. The van der Waals surface area contributed by atoms with E-state index in [-0.39, 0.29) is 0 Å². The summed E-state index contributed by atoms with van der Waals surface area (Å²) in [6.07, 6.45) is 0. The third-order valence-corrected chi connectivity index (χ3v) is 0. The average molecular weight is 190 g/mol. The van der Waals surface area contributed by atoms with Gasteiger partial charge in [-0.15, -0.1) is 0 Å². The molecule has 0 bridgehead atoms. The van der Waals surface area contributed by atoms with Crippen LogP contribution < -0.4 is 0 Å². The van der Waals surface area contributed by atoms with E-state index in [1.165, 1.54) is 0 Å². The quantitative estimate of drug-likeness (QED) is 0.340. The fourth-order valence-corrected chi connectivity index (χ4v) is 0. The Labute approximate surface area is 75.9 Å². The first-order valence-corrected chi connectivity index (χ1v) is 3.24. The highest BCUT2D eigenvalue weighted by Gasteiger charge is 0.932. The molecular weight excluding hydrogens is 164 g/mol. The lowest BCUT2D eigenvalue weighted by molar-refractivity contribution is 0.399. The molecule has 0 heterocycles. The van der Waals surface area contributed by atoms with Crippen molar-refractivity contribution < 1.29 is 25.5 Å². The van der Waals surface area contributed by atoms with Crippen LogP contribution in [0.25, 0.3) is 0 Å². The zero-order valence-corrected chi connectivity index (χ0v) is 9.24. The molecule has 0 unspecified atom stereocenters. The van der Waals surface area contributed by atoms with Crippen LogP contribution in [-0.2, 0) is 0 Å². The number of aliphatic hydroxyl groups excluding tert-OH is 5. The second kappa shape index (κ2) is 25900. The Morgan fingerprint density at radius 1 is 0.333 bits per heavy atom. The van der Waals surface area contributed by atoms with Gasteiger partial charge in [0.15, 0.2) is 0 Å². The molecule has 5 heteroatoms. The molecule has 0 aromatic rings. The third-order valence-electron chi connectivity index (χ3n) is 0. The van der Waals surface area contributed by atoms with Gasteiger partial charge >= 0.3 is 0 Å². The van der Waals surface area contributed by atoms with Crippen LogP contribution in [0.1, 0.15) is 13.8 Å². The van der Waals surface area contributed by atoms with Gasteiger partial charge in [0.1, 0.15) is 0 Å². The van der Waals surface area contributed by atoms with Crippen molar-refractivity contribution in [3.8, 4) is 0 Å². The highest BCUT2D eigenvalue weighted by atomic mass is 16.2. The van der Waals surface area contributed by atoms with Gasteiger partial charge in [0.25, 0.3) is 0 Å². The summed E-state index contributed by atoms with van der Waals surface area (Å²) in [6.45, 7) is 4.00. The number of aliphatic hydroxyl groups is 5. The van der Waals surface area contributed by atoms with E-state index in [9.17, 15) is 0 Å². The van der Waals surface area contributed by atoms with E-state index in [0.29, 0.717) is 0 Å². The highest BCUT2D eigenvalue weighted by Crippen LogP contribution is 1.14. The minimum atomic E-state index is 1.00. The van der Waals surface area contributed by atoms with E-state index < -0.39 is 0 Å². The smallest absolute Gasteiger partial charge is 0.0319 e. The molecule has 0 fully saturated rings. The third kappa shape index (κ3) is 19000. The molecule has 5 nitrogen and oxygen atoms in total. The maximum absolute atomic E-state index is 7.00. The molecule has 0 rings (SSSR count). The molecule has 12 heavy (non-hydrogen) atoms. The molecular formula is C7H26O5. The molecule has 0 spiro atoms. The molecule has 0 aliphatic rings. The molecule has 0 aliphatic heterocycles. The largest absolute Gasteiger partial charge is 0.400 e. The Morgan fingerprint density at radius 2 is 0.333 bits per heavy atom. The highest BCUT2D eigenvalue weighted by molar-refractivity contribution is 3.50. The molecule has 0 radical (unpaired) electrons. The Kier molecular flexibility index (Phi) is 88400. The summed E-state index contributed by atoms with van der Waals surface area (Å²) in [4.78, 5) is 0. The normalized spacial score (nSPS) is 3.00. The van der Waals surface area contributed by atoms with Gasteiger partial charge in [0.05, 0.1) is 0 Å². The minimum absolute atomic E-state index is 1.00. The zero-order valence-electron chi connectivity index (χ0n) is 9.24. The van der Waals surface area contributed by atoms with Crippen molar-refractivity contribution in [2.24, 2.45) is 0 Å². The monoisotopic (exact) mass is 190 g/mol. The van der Waals surface area contributed by atoms with E-state index in [1.807, 2.05) is 13.8 Å².